The van der Waals surface area contributed by atoms with Crippen LogP contribution in [0.1, 0.15) is 0 Å². The summed E-state index contributed by atoms with van der Waals surface area (Å²) in [6.45, 7) is 2.66. The summed E-state index contributed by atoms with van der Waals surface area (Å²) in [5, 5.41) is 8.57. The molecular weight excluding hydrogens is 362 g/mol. The number of nitrogens with zero attached hydrogens (tertiary/aromatic N) is 7. The van der Waals surface area contributed by atoms with Crippen LogP contribution in [0.15, 0.2) is 30.6 Å². The van der Waals surface area contributed by atoms with Crippen molar-refractivity contribution < 1.29 is 14.3 Å². The Labute approximate surface area is 161 Å². The summed E-state index contributed by atoms with van der Waals surface area (Å²) in [4.78, 5) is 24.7. The van der Waals surface area contributed by atoms with E-state index in [0.29, 0.717) is 37.3 Å². The molecule has 0 radical (unpaired) electrons. The molecule has 28 heavy (non-hydrogen) atoms. The van der Waals surface area contributed by atoms with E-state index in [-0.39, 0.29) is 12.5 Å². The topological polar surface area (TPSA) is 98.5 Å². The lowest BCUT2D eigenvalue weighted by atomic mass is 10.3. The number of amides is 1. The minimum absolute atomic E-state index is 0.000403. The van der Waals surface area contributed by atoms with Crippen molar-refractivity contribution in [1.82, 2.24) is 29.9 Å². The third-order valence-corrected chi connectivity index (χ3v) is 4.74. The number of fused-ring (bicyclic) bond motifs is 1. The Morgan fingerprint density at radius 2 is 1.82 bits per heavy atom. The number of ether oxygens (including phenoxy) is 2. The second kappa shape index (κ2) is 7.77. The van der Waals surface area contributed by atoms with Crippen LogP contribution in [0.2, 0.25) is 0 Å². The number of benzene rings is 1. The van der Waals surface area contributed by atoms with Gasteiger partial charge in [-0.25, -0.2) is 9.97 Å². The van der Waals surface area contributed by atoms with Crippen molar-refractivity contribution in [2.45, 2.75) is 0 Å². The summed E-state index contributed by atoms with van der Waals surface area (Å²) in [6.07, 6.45) is 1.52. The largest absolute Gasteiger partial charge is 0.497 e. The highest BCUT2D eigenvalue weighted by atomic mass is 16.5. The number of hydrogen-bond acceptors (Lipinski definition) is 8. The van der Waals surface area contributed by atoms with Crippen LogP contribution < -0.4 is 9.64 Å². The first-order chi connectivity index (χ1) is 13.7. The number of carbonyl (C=O) groups excluding carboxylic acids is 1. The minimum atomic E-state index is 0.000403. The van der Waals surface area contributed by atoms with Crippen LogP contribution in [0.4, 0.5) is 5.82 Å². The lowest BCUT2D eigenvalue weighted by Gasteiger charge is -2.35. The number of anilines is 1. The molecule has 0 unspecified atom stereocenters. The molecule has 3 aromatic rings. The number of rotatable bonds is 5. The molecule has 1 saturated heterocycles. The molecule has 3 heterocycles. The van der Waals surface area contributed by atoms with Crippen LogP contribution in [0.3, 0.4) is 0 Å². The summed E-state index contributed by atoms with van der Waals surface area (Å²) in [7, 11) is 3.15. The summed E-state index contributed by atoms with van der Waals surface area (Å²) in [5.41, 5.74) is 2.10. The first-order valence-electron chi connectivity index (χ1n) is 8.93. The fraction of sp³-hybridized carbons (Fsp3) is 0.389. The molecule has 1 aliphatic rings. The zero-order valence-corrected chi connectivity index (χ0v) is 15.8. The summed E-state index contributed by atoms with van der Waals surface area (Å²) in [5.74, 6) is 1.49. The van der Waals surface area contributed by atoms with Gasteiger partial charge in [-0.15, -0.1) is 5.10 Å². The number of piperazine rings is 1. The van der Waals surface area contributed by atoms with E-state index in [4.69, 9.17) is 9.47 Å². The van der Waals surface area contributed by atoms with E-state index in [9.17, 15) is 4.79 Å². The number of methoxy groups -OCH3 is 2. The summed E-state index contributed by atoms with van der Waals surface area (Å²) >= 11 is 0. The van der Waals surface area contributed by atoms with E-state index in [1.165, 1.54) is 13.4 Å². The zero-order valence-electron chi connectivity index (χ0n) is 15.8. The van der Waals surface area contributed by atoms with Crippen LogP contribution in [-0.4, -0.2) is 82.8 Å². The molecule has 4 rings (SSSR count). The first kappa shape index (κ1) is 18.1. The fourth-order valence-electron chi connectivity index (χ4n) is 3.25. The highest BCUT2D eigenvalue weighted by Crippen LogP contribution is 2.24. The Morgan fingerprint density at radius 1 is 1.07 bits per heavy atom. The molecule has 2 aromatic heterocycles. The lowest BCUT2D eigenvalue weighted by Crippen LogP contribution is -2.50. The Hall–Kier alpha value is -3.27. The van der Waals surface area contributed by atoms with Crippen LogP contribution in [0.25, 0.3) is 16.9 Å². The predicted molar refractivity (Wildman–Crippen MR) is 102 cm³/mol. The SMILES string of the molecule is COCC(=O)N1CCN(c2ncnc3c2nnn3-c2ccc(OC)cc2)CC1. The smallest absolute Gasteiger partial charge is 0.248 e. The van der Waals surface area contributed by atoms with Gasteiger partial charge in [-0.3, -0.25) is 4.79 Å². The number of aromatic nitrogens is 5. The molecule has 1 aromatic carbocycles. The van der Waals surface area contributed by atoms with Gasteiger partial charge in [0.1, 0.15) is 18.7 Å². The van der Waals surface area contributed by atoms with Gasteiger partial charge in [0.25, 0.3) is 0 Å². The van der Waals surface area contributed by atoms with E-state index in [0.717, 1.165) is 17.3 Å². The van der Waals surface area contributed by atoms with Gasteiger partial charge in [-0.2, -0.15) is 4.68 Å². The maximum absolute atomic E-state index is 12.0. The maximum Gasteiger partial charge on any atom is 0.248 e. The summed E-state index contributed by atoms with van der Waals surface area (Å²) in [6, 6.07) is 7.52. The van der Waals surface area contributed by atoms with Gasteiger partial charge in [0.05, 0.1) is 12.8 Å². The molecule has 0 atom stereocenters. The van der Waals surface area contributed by atoms with Crippen molar-refractivity contribution >= 4 is 22.9 Å². The number of carbonyl (C=O) groups is 1. The molecule has 10 nitrogen and oxygen atoms in total. The monoisotopic (exact) mass is 383 g/mol. The summed E-state index contributed by atoms with van der Waals surface area (Å²) < 4.78 is 11.8. The van der Waals surface area contributed by atoms with Crippen LogP contribution >= 0.6 is 0 Å². The van der Waals surface area contributed by atoms with Crippen molar-refractivity contribution in [1.29, 1.82) is 0 Å². The second-order valence-electron chi connectivity index (χ2n) is 6.37. The standard InChI is InChI=1S/C18H21N7O3/c1-27-11-15(26)23-7-9-24(10-8-23)17-16-18(20-12-19-17)25(22-21-16)13-3-5-14(28-2)6-4-13/h3-6,12H,7-11H2,1-2H3. The van der Waals surface area contributed by atoms with Gasteiger partial charge >= 0.3 is 0 Å². The van der Waals surface area contributed by atoms with E-state index in [1.807, 2.05) is 24.3 Å². The molecule has 1 amide bonds. The molecule has 1 fully saturated rings. The molecule has 0 saturated carbocycles. The molecule has 0 aliphatic carbocycles. The molecule has 1 aliphatic heterocycles. The van der Waals surface area contributed by atoms with Crippen molar-refractivity contribution in [2.75, 3.05) is 51.9 Å². The Balaban J connectivity index is 1.58. The van der Waals surface area contributed by atoms with Crippen LogP contribution in [-0.2, 0) is 9.53 Å². The van der Waals surface area contributed by atoms with Crippen LogP contribution in [0, 0.1) is 0 Å². The van der Waals surface area contributed by atoms with E-state index >= 15 is 0 Å². The van der Waals surface area contributed by atoms with Gasteiger partial charge in [0, 0.05) is 33.3 Å². The first-order valence-corrected chi connectivity index (χ1v) is 8.93. The average Bonchev–Trinajstić information content (AvgIpc) is 3.18. The van der Waals surface area contributed by atoms with E-state index in [1.54, 1.807) is 16.7 Å². The van der Waals surface area contributed by atoms with Gasteiger partial charge in [0.2, 0.25) is 5.91 Å². The second-order valence-corrected chi connectivity index (χ2v) is 6.37. The Bertz CT molecular complexity index is 965. The molecule has 10 heteroatoms. The molecule has 0 bridgehead atoms. The predicted octanol–water partition coefficient (Wildman–Crippen LogP) is 0.514. The third-order valence-electron chi connectivity index (χ3n) is 4.74. The molecule has 146 valence electrons. The van der Waals surface area contributed by atoms with Gasteiger partial charge in [-0.1, -0.05) is 5.21 Å². The van der Waals surface area contributed by atoms with Crippen LogP contribution in [0.5, 0.6) is 5.75 Å². The zero-order chi connectivity index (χ0) is 19.5. The Morgan fingerprint density at radius 3 is 2.50 bits per heavy atom. The molecule has 0 spiro atoms. The quantitative estimate of drug-likeness (QED) is 0.629. The molecular formula is C18H21N7O3. The van der Waals surface area contributed by atoms with E-state index in [2.05, 4.69) is 25.2 Å². The van der Waals surface area contributed by atoms with Crippen molar-refractivity contribution in [3.63, 3.8) is 0 Å². The van der Waals surface area contributed by atoms with Gasteiger partial charge < -0.3 is 19.3 Å². The normalized spacial score (nSPS) is 14.5. The van der Waals surface area contributed by atoms with Crippen molar-refractivity contribution in [2.24, 2.45) is 0 Å². The molecule has 0 N–H and O–H groups in total. The van der Waals surface area contributed by atoms with Crippen molar-refractivity contribution in [3.8, 4) is 11.4 Å². The maximum atomic E-state index is 12.0. The van der Waals surface area contributed by atoms with E-state index < -0.39 is 0 Å². The number of hydrogen-bond donors (Lipinski definition) is 0. The highest BCUT2D eigenvalue weighted by Gasteiger charge is 2.24. The van der Waals surface area contributed by atoms with Gasteiger partial charge in [-0.05, 0) is 24.3 Å². The Kier molecular flexibility index (Phi) is 5.02. The van der Waals surface area contributed by atoms with Crippen molar-refractivity contribution in [3.05, 3.63) is 30.6 Å². The van der Waals surface area contributed by atoms with Gasteiger partial charge in [0.15, 0.2) is 17.0 Å². The lowest BCUT2D eigenvalue weighted by molar-refractivity contribution is -0.135. The highest BCUT2D eigenvalue weighted by molar-refractivity contribution is 5.84. The third kappa shape index (κ3) is 3.33. The minimum Gasteiger partial charge on any atom is -0.497 e. The fourth-order valence-corrected chi connectivity index (χ4v) is 3.25. The average molecular weight is 383 g/mol.